The molecule has 0 amide bonds. The molecule has 0 saturated carbocycles. The van der Waals surface area contributed by atoms with Gasteiger partial charge >= 0.3 is 0 Å². The zero-order valence-electron chi connectivity index (χ0n) is 7.56. The Morgan fingerprint density at radius 2 is 2.08 bits per heavy atom. The topological polar surface area (TPSA) is 38.9 Å². The molecule has 0 bridgehead atoms. The fourth-order valence-corrected chi connectivity index (χ4v) is 1.73. The number of hydrogen-bond acceptors (Lipinski definition) is 2. The highest BCUT2D eigenvalue weighted by Gasteiger charge is 2.19. The number of halogens is 1. The predicted octanol–water partition coefficient (Wildman–Crippen LogP) is 2.35. The number of aryl methyl sites for hydroxylation is 1. The van der Waals surface area contributed by atoms with E-state index in [1.807, 2.05) is 26.8 Å². The van der Waals surface area contributed by atoms with Crippen LogP contribution in [-0.4, -0.2) is 4.98 Å². The van der Waals surface area contributed by atoms with Crippen LogP contribution >= 0.6 is 15.9 Å². The summed E-state index contributed by atoms with van der Waals surface area (Å²) >= 11 is 3.47. The monoisotopic (exact) mass is 228 g/mol. The largest absolute Gasteiger partial charge is 0.321 e. The Morgan fingerprint density at radius 3 is 2.50 bits per heavy atom. The lowest BCUT2D eigenvalue weighted by molar-refractivity contribution is 0.531. The van der Waals surface area contributed by atoms with Crippen LogP contribution < -0.4 is 5.73 Å². The van der Waals surface area contributed by atoms with Crippen LogP contribution in [0.15, 0.2) is 16.7 Å². The standard InChI is InChI=1S/C9H13BrN2/c1-6-4-5-12-8(7(6)10)9(2,3)11/h4-5H,11H2,1-3H3. The fraction of sp³-hybridized carbons (Fsp3) is 0.444. The van der Waals surface area contributed by atoms with Crippen molar-refractivity contribution in [1.29, 1.82) is 0 Å². The van der Waals surface area contributed by atoms with Gasteiger partial charge in [-0.15, -0.1) is 0 Å². The summed E-state index contributed by atoms with van der Waals surface area (Å²) < 4.78 is 1.01. The third kappa shape index (κ3) is 1.84. The summed E-state index contributed by atoms with van der Waals surface area (Å²) in [5.41, 5.74) is 7.62. The first-order chi connectivity index (χ1) is 5.43. The molecule has 66 valence electrons. The number of nitrogens with zero attached hydrogens (tertiary/aromatic N) is 1. The molecule has 1 heterocycles. The molecular formula is C9H13BrN2. The quantitative estimate of drug-likeness (QED) is 0.802. The van der Waals surface area contributed by atoms with Gasteiger partial charge in [-0.3, -0.25) is 4.98 Å². The Bertz CT molecular complexity index is 289. The van der Waals surface area contributed by atoms with Crippen LogP contribution in [0.4, 0.5) is 0 Å². The van der Waals surface area contributed by atoms with E-state index >= 15 is 0 Å². The maximum absolute atomic E-state index is 5.93. The second-order valence-electron chi connectivity index (χ2n) is 3.51. The summed E-state index contributed by atoms with van der Waals surface area (Å²) in [4.78, 5) is 4.24. The maximum Gasteiger partial charge on any atom is 0.0741 e. The molecule has 3 heteroatoms. The molecule has 1 rings (SSSR count). The number of aromatic nitrogens is 1. The highest BCUT2D eigenvalue weighted by molar-refractivity contribution is 9.10. The van der Waals surface area contributed by atoms with Gasteiger partial charge in [0.25, 0.3) is 0 Å². The Balaban J connectivity index is 3.26. The summed E-state index contributed by atoms with van der Waals surface area (Å²) in [6.07, 6.45) is 1.78. The Labute approximate surface area is 81.3 Å². The maximum atomic E-state index is 5.93. The van der Waals surface area contributed by atoms with Crippen LogP contribution in [0.1, 0.15) is 25.1 Å². The lowest BCUT2D eigenvalue weighted by atomic mass is 10.0. The van der Waals surface area contributed by atoms with Crippen molar-refractivity contribution in [1.82, 2.24) is 4.98 Å². The summed E-state index contributed by atoms with van der Waals surface area (Å²) in [6, 6.07) is 1.96. The average molecular weight is 229 g/mol. The van der Waals surface area contributed by atoms with Crippen LogP contribution in [0.5, 0.6) is 0 Å². The first-order valence-electron chi connectivity index (χ1n) is 3.83. The second kappa shape index (κ2) is 3.15. The molecule has 0 saturated heterocycles. The van der Waals surface area contributed by atoms with Crippen LogP contribution in [-0.2, 0) is 5.54 Å². The van der Waals surface area contributed by atoms with Gasteiger partial charge in [0.05, 0.1) is 11.2 Å². The van der Waals surface area contributed by atoms with Gasteiger partial charge in [-0.1, -0.05) is 0 Å². The fourth-order valence-electron chi connectivity index (χ4n) is 0.989. The van der Waals surface area contributed by atoms with Crippen molar-refractivity contribution in [3.8, 4) is 0 Å². The molecule has 12 heavy (non-hydrogen) atoms. The lowest BCUT2D eigenvalue weighted by Gasteiger charge is -2.19. The smallest absolute Gasteiger partial charge is 0.0741 e. The van der Waals surface area contributed by atoms with Crippen molar-refractivity contribution in [2.45, 2.75) is 26.3 Å². The number of pyridine rings is 1. The van der Waals surface area contributed by atoms with Gasteiger partial charge in [-0.05, 0) is 48.3 Å². The Hall–Kier alpha value is -0.410. The van der Waals surface area contributed by atoms with E-state index in [4.69, 9.17) is 5.73 Å². The minimum atomic E-state index is -0.384. The van der Waals surface area contributed by atoms with E-state index in [1.165, 1.54) is 5.56 Å². The first kappa shape index (κ1) is 9.68. The minimum Gasteiger partial charge on any atom is -0.321 e. The van der Waals surface area contributed by atoms with Gasteiger partial charge in [0, 0.05) is 10.7 Å². The van der Waals surface area contributed by atoms with Crippen LogP contribution in [0.3, 0.4) is 0 Å². The van der Waals surface area contributed by atoms with Gasteiger partial charge in [0.2, 0.25) is 0 Å². The summed E-state index contributed by atoms with van der Waals surface area (Å²) in [7, 11) is 0. The zero-order chi connectivity index (χ0) is 9.35. The van der Waals surface area contributed by atoms with E-state index in [2.05, 4.69) is 20.9 Å². The Kier molecular flexibility index (Phi) is 2.54. The number of nitrogens with two attached hydrogens (primary N) is 1. The molecule has 1 aromatic rings. The molecule has 0 aromatic carbocycles. The van der Waals surface area contributed by atoms with E-state index in [0.29, 0.717) is 0 Å². The Morgan fingerprint density at radius 1 is 1.50 bits per heavy atom. The molecule has 2 nitrogen and oxygen atoms in total. The van der Waals surface area contributed by atoms with Gasteiger partial charge in [-0.25, -0.2) is 0 Å². The zero-order valence-corrected chi connectivity index (χ0v) is 9.14. The molecule has 1 aromatic heterocycles. The molecule has 0 atom stereocenters. The number of rotatable bonds is 1. The van der Waals surface area contributed by atoms with E-state index < -0.39 is 0 Å². The van der Waals surface area contributed by atoms with Crippen molar-refractivity contribution in [3.63, 3.8) is 0 Å². The molecule has 0 aliphatic carbocycles. The minimum absolute atomic E-state index is 0.384. The van der Waals surface area contributed by atoms with E-state index in [9.17, 15) is 0 Å². The third-order valence-electron chi connectivity index (χ3n) is 1.69. The van der Waals surface area contributed by atoms with E-state index in [1.54, 1.807) is 6.20 Å². The molecule has 0 radical (unpaired) electrons. The molecule has 0 fully saturated rings. The molecule has 2 N–H and O–H groups in total. The summed E-state index contributed by atoms with van der Waals surface area (Å²) in [5.74, 6) is 0. The van der Waals surface area contributed by atoms with Crippen LogP contribution in [0.25, 0.3) is 0 Å². The first-order valence-corrected chi connectivity index (χ1v) is 4.62. The van der Waals surface area contributed by atoms with E-state index in [-0.39, 0.29) is 5.54 Å². The molecule has 0 spiro atoms. The van der Waals surface area contributed by atoms with Crippen molar-refractivity contribution in [3.05, 3.63) is 28.0 Å². The summed E-state index contributed by atoms with van der Waals surface area (Å²) in [5, 5.41) is 0. The highest BCUT2D eigenvalue weighted by Crippen LogP contribution is 2.26. The molecule has 0 aliphatic rings. The van der Waals surface area contributed by atoms with Crippen molar-refractivity contribution >= 4 is 15.9 Å². The molecular weight excluding hydrogens is 216 g/mol. The van der Waals surface area contributed by atoms with Gasteiger partial charge in [-0.2, -0.15) is 0 Å². The highest BCUT2D eigenvalue weighted by atomic mass is 79.9. The summed E-state index contributed by atoms with van der Waals surface area (Å²) in [6.45, 7) is 5.92. The predicted molar refractivity (Wildman–Crippen MR) is 53.9 cm³/mol. The molecule has 0 unspecified atom stereocenters. The van der Waals surface area contributed by atoms with E-state index in [0.717, 1.165) is 10.2 Å². The van der Waals surface area contributed by atoms with Crippen LogP contribution in [0.2, 0.25) is 0 Å². The van der Waals surface area contributed by atoms with Gasteiger partial charge in [0.15, 0.2) is 0 Å². The lowest BCUT2D eigenvalue weighted by Crippen LogP contribution is -2.30. The van der Waals surface area contributed by atoms with Crippen molar-refractivity contribution in [2.75, 3.05) is 0 Å². The number of hydrogen-bond donors (Lipinski definition) is 1. The van der Waals surface area contributed by atoms with Crippen molar-refractivity contribution in [2.24, 2.45) is 5.73 Å². The second-order valence-corrected chi connectivity index (χ2v) is 4.31. The average Bonchev–Trinajstić information content (AvgIpc) is 1.92. The van der Waals surface area contributed by atoms with Crippen molar-refractivity contribution < 1.29 is 0 Å². The van der Waals surface area contributed by atoms with Gasteiger partial charge < -0.3 is 5.73 Å². The SMILES string of the molecule is Cc1ccnc(C(C)(C)N)c1Br. The third-order valence-corrected chi connectivity index (χ3v) is 2.69. The normalized spacial score (nSPS) is 11.8. The van der Waals surface area contributed by atoms with Crippen LogP contribution in [0, 0.1) is 6.92 Å². The van der Waals surface area contributed by atoms with Gasteiger partial charge in [0.1, 0.15) is 0 Å². The molecule has 0 aliphatic heterocycles.